The van der Waals surface area contributed by atoms with Crippen LogP contribution in [0.2, 0.25) is 0 Å². The van der Waals surface area contributed by atoms with Gasteiger partial charge in [-0.2, -0.15) is 0 Å². The largest absolute Gasteiger partial charge is 0.346 e. The first-order chi connectivity index (χ1) is 9.65. The fourth-order valence-electron chi connectivity index (χ4n) is 2.38. The molecule has 0 atom stereocenters. The van der Waals surface area contributed by atoms with Gasteiger partial charge in [-0.25, -0.2) is 0 Å². The number of fused-ring (bicyclic) bond motifs is 1. The summed E-state index contributed by atoms with van der Waals surface area (Å²) >= 11 is 0. The van der Waals surface area contributed by atoms with E-state index in [0.29, 0.717) is 24.2 Å². The van der Waals surface area contributed by atoms with Gasteiger partial charge in [0.15, 0.2) is 0 Å². The third-order valence-electron chi connectivity index (χ3n) is 3.54. The Morgan fingerprint density at radius 1 is 1.25 bits per heavy atom. The highest BCUT2D eigenvalue weighted by molar-refractivity contribution is 6.05. The van der Waals surface area contributed by atoms with Crippen LogP contribution in [-0.4, -0.2) is 40.8 Å². The average Bonchev–Trinajstić information content (AvgIpc) is 2.41. The van der Waals surface area contributed by atoms with E-state index in [2.05, 4.69) is 10.3 Å². The van der Waals surface area contributed by atoms with Crippen LogP contribution in [0, 0.1) is 0 Å². The number of rotatable bonds is 2. The van der Waals surface area contributed by atoms with Crippen molar-refractivity contribution in [3.8, 4) is 0 Å². The molecule has 0 unspecified atom stereocenters. The number of nitrogens with zero attached hydrogens (tertiary/aromatic N) is 2. The highest BCUT2D eigenvalue weighted by Gasteiger charge is 2.30. The second kappa shape index (κ2) is 4.92. The van der Waals surface area contributed by atoms with Gasteiger partial charge in [-0.15, -0.1) is 0 Å². The summed E-state index contributed by atoms with van der Waals surface area (Å²) in [4.78, 5) is 29.4. The lowest BCUT2D eigenvalue weighted by molar-refractivity contribution is -0.133. The minimum absolute atomic E-state index is 0.0327. The van der Waals surface area contributed by atoms with Gasteiger partial charge in [0.1, 0.15) is 0 Å². The zero-order valence-electron chi connectivity index (χ0n) is 11.2. The van der Waals surface area contributed by atoms with E-state index in [-0.39, 0.29) is 17.9 Å². The van der Waals surface area contributed by atoms with Crippen LogP contribution in [0.15, 0.2) is 36.5 Å². The molecule has 0 bridgehead atoms. The van der Waals surface area contributed by atoms with Gasteiger partial charge in [0.25, 0.3) is 5.91 Å². The van der Waals surface area contributed by atoms with E-state index in [0.717, 1.165) is 5.39 Å². The molecule has 2 heterocycles. The molecule has 0 radical (unpaired) electrons. The Hall–Kier alpha value is -2.43. The van der Waals surface area contributed by atoms with Crippen molar-refractivity contribution in [2.75, 3.05) is 13.1 Å². The number of amides is 2. The van der Waals surface area contributed by atoms with E-state index in [1.807, 2.05) is 24.3 Å². The van der Waals surface area contributed by atoms with Crippen LogP contribution in [-0.2, 0) is 4.79 Å². The number of nitrogens with one attached hydrogen (secondary N) is 1. The second-order valence-corrected chi connectivity index (χ2v) is 4.98. The van der Waals surface area contributed by atoms with Gasteiger partial charge in [-0.05, 0) is 12.1 Å². The number of hydrogen-bond acceptors (Lipinski definition) is 3. The van der Waals surface area contributed by atoms with E-state index in [1.54, 1.807) is 17.2 Å². The number of carbonyl (C=O) groups excluding carboxylic acids is 2. The molecule has 2 amide bonds. The molecule has 0 aliphatic carbocycles. The van der Waals surface area contributed by atoms with E-state index >= 15 is 0 Å². The molecule has 1 aromatic heterocycles. The Labute approximate surface area is 116 Å². The minimum atomic E-state index is -0.137. The highest BCUT2D eigenvalue weighted by Crippen LogP contribution is 2.16. The average molecular weight is 269 g/mol. The summed E-state index contributed by atoms with van der Waals surface area (Å²) in [6.07, 6.45) is 1.68. The molecule has 1 aliphatic rings. The molecule has 1 fully saturated rings. The monoisotopic (exact) mass is 269 g/mol. The fraction of sp³-hybridized carbons (Fsp3) is 0.267. The third kappa shape index (κ3) is 2.22. The molecule has 20 heavy (non-hydrogen) atoms. The smallest absolute Gasteiger partial charge is 0.253 e. The molecule has 5 nitrogen and oxygen atoms in total. The molecule has 1 aromatic carbocycles. The van der Waals surface area contributed by atoms with E-state index in [4.69, 9.17) is 0 Å². The summed E-state index contributed by atoms with van der Waals surface area (Å²) in [5.41, 5.74) is 1.28. The fourth-order valence-corrected chi connectivity index (χ4v) is 2.38. The number of pyridine rings is 1. The van der Waals surface area contributed by atoms with Crippen molar-refractivity contribution in [3.05, 3.63) is 42.1 Å². The predicted octanol–water partition coefficient (Wildman–Crippen LogP) is 1.20. The Balaban J connectivity index is 1.75. The lowest BCUT2D eigenvalue weighted by Gasteiger charge is -2.38. The first-order valence-corrected chi connectivity index (χ1v) is 6.55. The number of hydrogen-bond donors (Lipinski definition) is 1. The highest BCUT2D eigenvalue weighted by atomic mass is 16.2. The molecule has 0 saturated carbocycles. The summed E-state index contributed by atoms with van der Waals surface area (Å²) in [6.45, 7) is 2.70. The van der Waals surface area contributed by atoms with Crippen molar-refractivity contribution >= 4 is 22.7 Å². The van der Waals surface area contributed by atoms with Gasteiger partial charge in [0.2, 0.25) is 5.91 Å². The molecular formula is C15H15N3O2. The Kier molecular flexibility index (Phi) is 3.10. The Morgan fingerprint density at radius 3 is 2.75 bits per heavy atom. The molecule has 102 valence electrons. The predicted molar refractivity (Wildman–Crippen MR) is 75.3 cm³/mol. The normalized spacial score (nSPS) is 14.9. The SMILES string of the molecule is CC(=O)N1CC(NC(=O)c2cccc3cccnc23)C1. The summed E-state index contributed by atoms with van der Waals surface area (Å²) < 4.78 is 0. The number of likely N-dealkylation sites (tertiary alicyclic amines) is 1. The molecule has 2 aromatic rings. The maximum atomic E-state index is 12.3. The van der Waals surface area contributed by atoms with Crippen molar-refractivity contribution < 1.29 is 9.59 Å². The lowest BCUT2D eigenvalue weighted by Crippen LogP contribution is -2.60. The number of aromatic nitrogens is 1. The third-order valence-corrected chi connectivity index (χ3v) is 3.54. The number of para-hydroxylation sites is 1. The topological polar surface area (TPSA) is 62.3 Å². The van der Waals surface area contributed by atoms with Crippen LogP contribution < -0.4 is 5.32 Å². The standard InChI is InChI=1S/C15H15N3O2/c1-10(19)18-8-12(9-18)17-15(20)13-6-2-4-11-5-3-7-16-14(11)13/h2-7,12H,8-9H2,1H3,(H,17,20). The Morgan fingerprint density at radius 2 is 2.00 bits per heavy atom. The van der Waals surface area contributed by atoms with E-state index in [9.17, 15) is 9.59 Å². The number of carbonyl (C=O) groups is 2. The van der Waals surface area contributed by atoms with Crippen LogP contribution in [0.4, 0.5) is 0 Å². The van der Waals surface area contributed by atoms with Crippen LogP contribution >= 0.6 is 0 Å². The summed E-state index contributed by atoms with van der Waals surface area (Å²) in [5.74, 6) is -0.0928. The molecule has 1 saturated heterocycles. The number of benzene rings is 1. The van der Waals surface area contributed by atoms with E-state index < -0.39 is 0 Å². The van der Waals surface area contributed by atoms with Gasteiger partial charge in [0, 0.05) is 31.6 Å². The lowest BCUT2D eigenvalue weighted by atomic mass is 10.1. The van der Waals surface area contributed by atoms with Crippen molar-refractivity contribution in [2.24, 2.45) is 0 Å². The molecule has 1 aliphatic heterocycles. The van der Waals surface area contributed by atoms with Gasteiger partial charge in [-0.1, -0.05) is 18.2 Å². The summed E-state index contributed by atoms with van der Waals surface area (Å²) in [6, 6.07) is 9.36. The van der Waals surface area contributed by atoms with Gasteiger partial charge < -0.3 is 10.2 Å². The maximum Gasteiger partial charge on any atom is 0.253 e. The molecule has 3 rings (SSSR count). The van der Waals surface area contributed by atoms with Crippen molar-refractivity contribution in [1.29, 1.82) is 0 Å². The van der Waals surface area contributed by atoms with Gasteiger partial charge in [0.05, 0.1) is 17.1 Å². The van der Waals surface area contributed by atoms with Crippen LogP contribution in [0.5, 0.6) is 0 Å². The first-order valence-electron chi connectivity index (χ1n) is 6.55. The Bertz CT molecular complexity index is 672. The summed E-state index contributed by atoms with van der Waals surface area (Å²) in [7, 11) is 0. The van der Waals surface area contributed by atoms with Gasteiger partial charge in [-0.3, -0.25) is 14.6 Å². The molecular weight excluding hydrogens is 254 g/mol. The molecule has 1 N–H and O–H groups in total. The zero-order valence-corrected chi connectivity index (χ0v) is 11.2. The van der Waals surface area contributed by atoms with Crippen molar-refractivity contribution in [3.63, 3.8) is 0 Å². The second-order valence-electron chi connectivity index (χ2n) is 4.98. The van der Waals surface area contributed by atoms with Crippen molar-refractivity contribution in [2.45, 2.75) is 13.0 Å². The quantitative estimate of drug-likeness (QED) is 0.891. The minimum Gasteiger partial charge on any atom is -0.346 e. The molecule has 5 heteroatoms. The zero-order chi connectivity index (χ0) is 14.1. The van der Waals surface area contributed by atoms with E-state index in [1.165, 1.54) is 6.92 Å². The van der Waals surface area contributed by atoms with Crippen LogP contribution in [0.1, 0.15) is 17.3 Å². The van der Waals surface area contributed by atoms with Crippen LogP contribution in [0.3, 0.4) is 0 Å². The summed E-state index contributed by atoms with van der Waals surface area (Å²) in [5, 5.41) is 3.88. The van der Waals surface area contributed by atoms with Crippen molar-refractivity contribution in [1.82, 2.24) is 15.2 Å². The maximum absolute atomic E-state index is 12.3. The first kappa shape index (κ1) is 12.6. The van der Waals surface area contributed by atoms with Crippen LogP contribution in [0.25, 0.3) is 10.9 Å². The van der Waals surface area contributed by atoms with Gasteiger partial charge >= 0.3 is 0 Å². The molecule has 0 spiro atoms.